The molecule has 0 aliphatic carbocycles. The molecule has 0 fully saturated rings. The Kier molecular flexibility index (Phi) is 1.48. The van der Waals surface area contributed by atoms with E-state index in [0.29, 0.717) is 0 Å². The van der Waals surface area contributed by atoms with E-state index in [1.54, 1.807) is 0 Å². The van der Waals surface area contributed by atoms with Gasteiger partial charge in [-0.05, 0) is 0 Å². The van der Waals surface area contributed by atoms with Gasteiger partial charge in [-0.3, -0.25) is 0 Å². The van der Waals surface area contributed by atoms with E-state index in [0.717, 1.165) is 0 Å². The van der Waals surface area contributed by atoms with Crippen molar-refractivity contribution in [2.24, 2.45) is 0 Å². The molecule has 0 amide bonds. The van der Waals surface area contributed by atoms with E-state index < -0.39 is 13.0 Å². The minimum absolute atomic E-state index is 2.41. The molecule has 0 aliphatic heterocycles. The van der Waals surface area contributed by atoms with Crippen LogP contribution < -0.4 is 0 Å². The SMILES string of the molecule is [O]=[Mn](=[O])(=[O])[O]O. The molecule has 0 aromatic rings. The van der Waals surface area contributed by atoms with E-state index in [2.05, 4.69) is 3.97 Å². The molecule has 0 aromatic heterocycles. The molecule has 6 heavy (non-hydrogen) atoms. The van der Waals surface area contributed by atoms with Crippen LogP contribution in [0.3, 0.4) is 0 Å². The van der Waals surface area contributed by atoms with Crippen LogP contribution in [-0.4, -0.2) is 5.26 Å². The van der Waals surface area contributed by atoms with E-state index in [1.807, 2.05) is 0 Å². The van der Waals surface area contributed by atoms with Gasteiger partial charge in [0.1, 0.15) is 0 Å². The van der Waals surface area contributed by atoms with Gasteiger partial charge in [0, 0.05) is 0 Å². The quantitative estimate of drug-likeness (QED) is 0.300. The van der Waals surface area contributed by atoms with Crippen molar-refractivity contribution >= 4 is 0 Å². The van der Waals surface area contributed by atoms with Gasteiger partial charge < -0.3 is 0 Å². The molecule has 0 rings (SSSR count). The van der Waals surface area contributed by atoms with Gasteiger partial charge in [-0.2, -0.15) is 0 Å². The van der Waals surface area contributed by atoms with Crippen molar-refractivity contribution < 1.29 is 33.7 Å². The molecule has 0 bridgehead atoms. The summed E-state index contributed by atoms with van der Waals surface area (Å²) in [5, 5.41) is 7.03. The molecule has 38 valence electrons. The second-order valence-corrected chi connectivity index (χ2v) is 1.84. The monoisotopic (exact) mass is 136 g/mol. The summed E-state index contributed by atoms with van der Waals surface area (Å²) in [5.41, 5.74) is 0. The molecule has 5 nitrogen and oxygen atoms in total. The Balaban J connectivity index is 4.30. The second-order valence-electron chi connectivity index (χ2n) is 0.447. The first-order valence-electron chi connectivity index (χ1n) is 0.800. The molecule has 0 saturated carbocycles. The van der Waals surface area contributed by atoms with E-state index in [1.165, 1.54) is 0 Å². The van der Waals surface area contributed by atoms with Crippen molar-refractivity contribution in [3.05, 3.63) is 0 Å². The van der Waals surface area contributed by atoms with Crippen LogP contribution in [0.4, 0.5) is 0 Å². The number of rotatable bonds is 1. The standard InChI is InChI=1S/Mn.H2O2.3O/c;1-2;;;/h;1-2H;;;/q+1;;;;/p-1. The Morgan fingerprint density at radius 2 is 1.50 bits per heavy atom. The van der Waals surface area contributed by atoms with Gasteiger partial charge >= 0.3 is 33.7 Å². The molecular formula is HMnO5. The fraction of sp³-hybridized carbons (Fsp3) is 0. The topological polar surface area (TPSA) is 80.7 Å². The van der Waals surface area contributed by atoms with Gasteiger partial charge in [-0.25, -0.2) is 0 Å². The molecular weight excluding hydrogens is 135 g/mol. The van der Waals surface area contributed by atoms with E-state index >= 15 is 0 Å². The summed E-state index contributed by atoms with van der Waals surface area (Å²) in [6.45, 7) is 0. The second kappa shape index (κ2) is 1.53. The van der Waals surface area contributed by atoms with E-state index in [-0.39, 0.29) is 0 Å². The van der Waals surface area contributed by atoms with Crippen molar-refractivity contribution in [1.82, 2.24) is 0 Å². The third-order valence-electron chi connectivity index (χ3n) is 0.0845. The molecule has 0 saturated heterocycles. The predicted octanol–water partition coefficient (Wildman–Crippen LogP) is -0.419. The van der Waals surface area contributed by atoms with Crippen LogP contribution in [-0.2, 0) is 28.4 Å². The van der Waals surface area contributed by atoms with Gasteiger partial charge in [-0.1, -0.05) is 0 Å². The molecule has 0 atom stereocenters. The molecule has 6 heteroatoms. The average Bonchev–Trinajstić information content (AvgIpc) is 1.35. The van der Waals surface area contributed by atoms with Crippen LogP contribution in [0.5, 0.6) is 0 Å². The van der Waals surface area contributed by atoms with Crippen LogP contribution in [0, 0.1) is 0 Å². The maximum atomic E-state index is 9.03. The van der Waals surface area contributed by atoms with E-state index in [9.17, 15) is 0 Å². The van der Waals surface area contributed by atoms with E-state index in [4.69, 9.17) is 16.8 Å². The zero-order valence-electron chi connectivity index (χ0n) is 2.46. The van der Waals surface area contributed by atoms with Crippen molar-refractivity contribution in [1.29, 1.82) is 0 Å². The number of hydrogen-bond donors (Lipinski definition) is 1. The normalized spacial score (nSPS) is 11.5. The molecule has 0 radical (unpaired) electrons. The van der Waals surface area contributed by atoms with Gasteiger partial charge in [0.15, 0.2) is 0 Å². The third kappa shape index (κ3) is 3.84. The van der Waals surface area contributed by atoms with Crippen LogP contribution >= 0.6 is 0 Å². The summed E-state index contributed by atoms with van der Waals surface area (Å²) in [6.07, 6.45) is 0. The zero-order valence-corrected chi connectivity index (χ0v) is 3.64. The first-order chi connectivity index (χ1) is 2.56. The van der Waals surface area contributed by atoms with Crippen LogP contribution in [0.15, 0.2) is 0 Å². The van der Waals surface area contributed by atoms with Crippen molar-refractivity contribution in [3.63, 3.8) is 0 Å². The predicted molar refractivity (Wildman–Crippen MR) is 5.77 cm³/mol. The first-order valence-corrected chi connectivity index (χ1v) is 2.73. The van der Waals surface area contributed by atoms with Crippen LogP contribution in [0.2, 0.25) is 0 Å². The summed E-state index contributed by atoms with van der Waals surface area (Å²) >= 11 is -5.34. The Hall–Kier alpha value is -0.161. The minimum atomic E-state index is -5.34. The molecule has 0 heterocycles. The van der Waals surface area contributed by atoms with Crippen LogP contribution in [0.25, 0.3) is 0 Å². The van der Waals surface area contributed by atoms with Gasteiger partial charge in [0.2, 0.25) is 0 Å². The van der Waals surface area contributed by atoms with Crippen molar-refractivity contribution in [2.75, 3.05) is 0 Å². The molecule has 0 aromatic carbocycles. The Labute approximate surface area is 34.6 Å². The molecule has 1 N–H and O–H groups in total. The Bertz CT molecular complexity index is 137. The van der Waals surface area contributed by atoms with Gasteiger partial charge in [0.05, 0.1) is 0 Å². The number of hydrogen-bond acceptors (Lipinski definition) is 5. The summed E-state index contributed by atoms with van der Waals surface area (Å²) in [4.78, 5) is 0. The summed E-state index contributed by atoms with van der Waals surface area (Å²) < 4.78 is 29.5. The summed E-state index contributed by atoms with van der Waals surface area (Å²) in [6, 6.07) is 0. The molecule has 0 spiro atoms. The molecule has 0 unspecified atom stereocenters. The van der Waals surface area contributed by atoms with Gasteiger partial charge in [-0.15, -0.1) is 0 Å². The zero-order chi connectivity index (χ0) is 5.21. The summed E-state index contributed by atoms with van der Waals surface area (Å²) in [5.74, 6) is 0. The average molecular weight is 136 g/mol. The fourth-order valence-corrected chi connectivity index (χ4v) is 0. The summed E-state index contributed by atoms with van der Waals surface area (Å²) in [7, 11) is 0. The third-order valence-corrected chi connectivity index (χ3v) is 0.348. The van der Waals surface area contributed by atoms with Crippen molar-refractivity contribution in [2.45, 2.75) is 0 Å². The Morgan fingerprint density at radius 1 is 1.33 bits per heavy atom. The molecule has 0 aliphatic rings. The van der Waals surface area contributed by atoms with Crippen molar-refractivity contribution in [3.8, 4) is 0 Å². The fourth-order valence-electron chi connectivity index (χ4n) is 0. The Morgan fingerprint density at radius 3 is 1.50 bits per heavy atom. The van der Waals surface area contributed by atoms with Gasteiger partial charge in [0.25, 0.3) is 0 Å². The maximum absolute atomic E-state index is 9.03. The van der Waals surface area contributed by atoms with Crippen LogP contribution in [0.1, 0.15) is 0 Å². The first kappa shape index (κ1) is 5.84.